The van der Waals surface area contributed by atoms with E-state index in [-0.39, 0.29) is 5.56 Å². The third-order valence-corrected chi connectivity index (χ3v) is 3.54. The van der Waals surface area contributed by atoms with E-state index in [4.69, 9.17) is 11.6 Å². The number of hydrogen-bond acceptors (Lipinski definition) is 1. The zero-order valence-corrected chi connectivity index (χ0v) is 12.4. The van der Waals surface area contributed by atoms with E-state index in [0.29, 0.717) is 29.3 Å². The van der Waals surface area contributed by atoms with Gasteiger partial charge in [0, 0.05) is 22.7 Å². The van der Waals surface area contributed by atoms with Gasteiger partial charge in [0.1, 0.15) is 17.5 Å². The monoisotopic (exact) mass is 313 g/mol. The summed E-state index contributed by atoms with van der Waals surface area (Å²) in [5.74, 6) is -2.82. The van der Waals surface area contributed by atoms with Crippen LogP contribution in [0.2, 0.25) is 5.02 Å². The zero-order chi connectivity index (χ0) is 15.6. The van der Waals surface area contributed by atoms with Gasteiger partial charge >= 0.3 is 0 Å². The molecule has 0 saturated heterocycles. The quantitative estimate of drug-likeness (QED) is 0.857. The standard InChI is InChI=1S/C16H15ClF3N/c1-3-21-16(11-5-4-9(2)6-12(11)17)15-13(19)7-10(18)8-14(15)20/h4-8,16,21H,3H2,1-2H3. The Balaban J connectivity index is 2.59. The molecule has 2 rings (SSSR count). The summed E-state index contributed by atoms with van der Waals surface area (Å²) in [6.45, 7) is 4.16. The summed E-state index contributed by atoms with van der Waals surface area (Å²) < 4.78 is 41.1. The van der Waals surface area contributed by atoms with E-state index in [1.807, 2.05) is 19.9 Å². The fourth-order valence-corrected chi connectivity index (χ4v) is 2.61. The smallest absolute Gasteiger partial charge is 0.134 e. The average molecular weight is 314 g/mol. The lowest BCUT2D eigenvalue weighted by molar-refractivity contribution is 0.492. The van der Waals surface area contributed by atoms with Crippen LogP contribution < -0.4 is 5.32 Å². The van der Waals surface area contributed by atoms with Gasteiger partial charge in [-0.05, 0) is 30.7 Å². The minimum atomic E-state index is -0.945. The van der Waals surface area contributed by atoms with E-state index < -0.39 is 23.5 Å². The van der Waals surface area contributed by atoms with Gasteiger partial charge in [-0.3, -0.25) is 0 Å². The molecule has 0 fully saturated rings. The lowest BCUT2D eigenvalue weighted by Gasteiger charge is -2.21. The highest BCUT2D eigenvalue weighted by molar-refractivity contribution is 6.31. The van der Waals surface area contributed by atoms with Crippen molar-refractivity contribution in [3.63, 3.8) is 0 Å². The first kappa shape index (κ1) is 15.9. The molecule has 0 radical (unpaired) electrons. The van der Waals surface area contributed by atoms with Crippen LogP contribution in [0.1, 0.15) is 29.7 Å². The number of rotatable bonds is 4. The molecular formula is C16H15ClF3N. The molecule has 1 nitrogen and oxygen atoms in total. The lowest BCUT2D eigenvalue weighted by Crippen LogP contribution is -2.24. The molecule has 1 N–H and O–H groups in total. The van der Waals surface area contributed by atoms with Gasteiger partial charge in [-0.2, -0.15) is 0 Å². The second kappa shape index (κ2) is 6.50. The van der Waals surface area contributed by atoms with E-state index in [2.05, 4.69) is 5.32 Å². The van der Waals surface area contributed by atoms with Crippen LogP contribution in [0, 0.1) is 24.4 Å². The molecule has 0 aliphatic rings. The number of hydrogen-bond donors (Lipinski definition) is 1. The summed E-state index contributed by atoms with van der Waals surface area (Å²) in [5, 5.41) is 3.40. The molecule has 0 heterocycles. The van der Waals surface area contributed by atoms with Crippen molar-refractivity contribution in [1.82, 2.24) is 5.32 Å². The molecule has 0 amide bonds. The predicted octanol–water partition coefficient (Wildman–Crippen LogP) is 4.76. The molecule has 0 spiro atoms. The number of halogens is 4. The molecule has 1 atom stereocenters. The SMILES string of the molecule is CCNC(c1ccc(C)cc1Cl)c1c(F)cc(F)cc1F. The third-order valence-electron chi connectivity index (χ3n) is 3.21. The van der Waals surface area contributed by atoms with Crippen molar-refractivity contribution in [3.8, 4) is 0 Å². The first-order valence-electron chi connectivity index (χ1n) is 6.58. The first-order valence-corrected chi connectivity index (χ1v) is 6.95. The summed E-state index contributed by atoms with van der Waals surface area (Å²) in [4.78, 5) is 0. The Morgan fingerprint density at radius 2 is 1.71 bits per heavy atom. The maximum atomic E-state index is 14.0. The van der Waals surface area contributed by atoms with Gasteiger partial charge in [-0.15, -0.1) is 0 Å². The van der Waals surface area contributed by atoms with Crippen LogP contribution >= 0.6 is 11.6 Å². The van der Waals surface area contributed by atoms with Crippen molar-refractivity contribution in [1.29, 1.82) is 0 Å². The molecule has 1 unspecified atom stereocenters. The molecule has 0 aliphatic heterocycles. The van der Waals surface area contributed by atoms with Crippen molar-refractivity contribution >= 4 is 11.6 Å². The lowest BCUT2D eigenvalue weighted by atomic mass is 9.96. The van der Waals surface area contributed by atoms with E-state index in [0.717, 1.165) is 5.56 Å². The van der Waals surface area contributed by atoms with Gasteiger partial charge < -0.3 is 5.32 Å². The Morgan fingerprint density at radius 3 is 2.24 bits per heavy atom. The van der Waals surface area contributed by atoms with Crippen molar-refractivity contribution in [2.24, 2.45) is 0 Å². The molecule has 0 saturated carbocycles. The van der Waals surface area contributed by atoms with Crippen molar-refractivity contribution in [3.05, 3.63) is 69.5 Å². The maximum absolute atomic E-state index is 14.0. The summed E-state index contributed by atoms with van der Waals surface area (Å²) in [7, 11) is 0. The number of aryl methyl sites for hydroxylation is 1. The minimum Gasteiger partial charge on any atom is -0.306 e. The predicted molar refractivity (Wildman–Crippen MR) is 78.0 cm³/mol. The van der Waals surface area contributed by atoms with Crippen LogP contribution in [0.4, 0.5) is 13.2 Å². The summed E-state index contributed by atoms with van der Waals surface area (Å²) in [5.41, 5.74) is 1.26. The largest absolute Gasteiger partial charge is 0.306 e. The van der Waals surface area contributed by atoms with Crippen LogP contribution in [0.5, 0.6) is 0 Å². The fraction of sp³-hybridized carbons (Fsp3) is 0.250. The van der Waals surface area contributed by atoms with Gasteiger partial charge in [-0.25, -0.2) is 13.2 Å². The fourth-order valence-electron chi connectivity index (χ4n) is 2.27. The second-order valence-corrected chi connectivity index (χ2v) is 5.21. The Hall–Kier alpha value is -1.52. The molecule has 0 aliphatic carbocycles. The van der Waals surface area contributed by atoms with Crippen molar-refractivity contribution in [2.45, 2.75) is 19.9 Å². The number of nitrogens with one attached hydrogen (secondary N) is 1. The van der Waals surface area contributed by atoms with Crippen molar-refractivity contribution in [2.75, 3.05) is 6.54 Å². The van der Waals surface area contributed by atoms with Gasteiger partial charge in [0.15, 0.2) is 0 Å². The Labute approximate surface area is 126 Å². The molecular weight excluding hydrogens is 299 g/mol. The second-order valence-electron chi connectivity index (χ2n) is 4.80. The van der Waals surface area contributed by atoms with E-state index in [1.165, 1.54) is 0 Å². The molecule has 0 bridgehead atoms. The number of benzene rings is 2. The van der Waals surface area contributed by atoms with E-state index in [9.17, 15) is 13.2 Å². The Bertz CT molecular complexity index is 635. The van der Waals surface area contributed by atoms with Crippen LogP contribution in [0.25, 0.3) is 0 Å². The van der Waals surface area contributed by atoms with E-state index >= 15 is 0 Å². The van der Waals surface area contributed by atoms with Gasteiger partial charge in [-0.1, -0.05) is 30.7 Å². The Kier molecular flexibility index (Phi) is 4.91. The van der Waals surface area contributed by atoms with Gasteiger partial charge in [0.25, 0.3) is 0 Å². The van der Waals surface area contributed by atoms with Crippen LogP contribution in [-0.4, -0.2) is 6.54 Å². The average Bonchev–Trinajstić information content (AvgIpc) is 2.37. The maximum Gasteiger partial charge on any atom is 0.134 e. The molecule has 21 heavy (non-hydrogen) atoms. The topological polar surface area (TPSA) is 12.0 Å². The molecule has 2 aromatic rings. The molecule has 0 aromatic heterocycles. The third kappa shape index (κ3) is 3.39. The van der Waals surface area contributed by atoms with Gasteiger partial charge in [0.05, 0.1) is 6.04 Å². The molecule has 5 heteroatoms. The summed E-state index contributed by atoms with van der Waals surface area (Å²) in [6, 6.07) is 5.82. The normalized spacial score (nSPS) is 12.5. The highest BCUT2D eigenvalue weighted by Gasteiger charge is 2.24. The van der Waals surface area contributed by atoms with Crippen LogP contribution in [-0.2, 0) is 0 Å². The Morgan fingerprint density at radius 1 is 1.10 bits per heavy atom. The van der Waals surface area contributed by atoms with E-state index in [1.54, 1.807) is 12.1 Å². The highest BCUT2D eigenvalue weighted by atomic mass is 35.5. The molecule has 112 valence electrons. The first-order chi connectivity index (χ1) is 9.93. The summed E-state index contributed by atoms with van der Waals surface area (Å²) >= 11 is 6.19. The zero-order valence-electron chi connectivity index (χ0n) is 11.7. The minimum absolute atomic E-state index is 0.232. The highest BCUT2D eigenvalue weighted by Crippen LogP contribution is 2.32. The van der Waals surface area contributed by atoms with Crippen LogP contribution in [0.3, 0.4) is 0 Å². The van der Waals surface area contributed by atoms with Crippen molar-refractivity contribution < 1.29 is 13.2 Å². The van der Waals surface area contributed by atoms with Crippen LogP contribution in [0.15, 0.2) is 30.3 Å². The van der Waals surface area contributed by atoms with Gasteiger partial charge in [0.2, 0.25) is 0 Å². The summed E-state index contributed by atoms with van der Waals surface area (Å²) in [6.07, 6.45) is 0. The molecule has 2 aromatic carbocycles.